The highest BCUT2D eigenvalue weighted by atomic mass is 31.2. The van der Waals surface area contributed by atoms with Crippen LogP contribution in [0.4, 0.5) is 5.88 Å². The topological polar surface area (TPSA) is 46.3 Å². The Morgan fingerprint density at radius 1 is 0.750 bits per heavy atom. The average molecular weight is 388 g/mol. The second-order valence-corrected chi connectivity index (χ2v) is 9.36. The van der Waals surface area contributed by atoms with E-state index in [1.54, 1.807) is 0 Å². The summed E-state index contributed by atoms with van der Waals surface area (Å²) >= 11 is 0. The minimum Gasteiger partial charge on any atom is -0.420 e. The van der Waals surface area contributed by atoms with Gasteiger partial charge in [0.2, 0.25) is 11.8 Å². The van der Waals surface area contributed by atoms with Gasteiger partial charge < -0.3 is 13.9 Å². The SMILES string of the molecule is CN(C)c1oc(-c2ccccc2)nc1P(=O)(c1ccccc1)c1ccccc1. The molecule has 0 aliphatic rings. The van der Waals surface area contributed by atoms with E-state index < -0.39 is 7.14 Å². The lowest BCUT2D eigenvalue weighted by Crippen LogP contribution is -2.29. The van der Waals surface area contributed by atoms with Crippen LogP contribution >= 0.6 is 7.14 Å². The van der Waals surface area contributed by atoms with E-state index in [0.29, 0.717) is 17.2 Å². The quantitative estimate of drug-likeness (QED) is 0.484. The zero-order valence-corrected chi connectivity index (χ0v) is 16.7. The molecule has 0 bridgehead atoms. The van der Waals surface area contributed by atoms with Gasteiger partial charge in [-0.25, -0.2) is 4.98 Å². The van der Waals surface area contributed by atoms with Crippen LogP contribution in [0, 0.1) is 0 Å². The Morgan fingerprint density at radius 3 is 1.68 bits per heavy atom. The van der Waals surface area contributed by atoms with E-state index in [2.05, 4.69) is 0 Å². The van der Waals surface area contributed by atoms with Crippen molar-refractivity contribution < 1.29 is 8.98 Å². The minimum absolute atomic E-state index is 0.464. The molecule has 0 spiro atoms. The van der Waals surface area contributed by atoms with Gasteiger partial charge in [0.05, 0.1) is 0 Å². The number of anilines is 1. The lowest BCUT2D eigenvalue weighted by Gasteiger charge is -2.20. The van der Waals surface area contributed by atoms with E-state index in [4.69, 9.17) is 9.40 Å². The van der Waals surface area contributed by atoms with Crippen molar-refractivity contribution in [1.82, 2.24) is 4.98 Å². The Bertz CT molecular complexity index is 1060. The van der Waals surface area contributed by atoms with Crippen molar-refractivity contribution in [2.75, 3.05) is 19.0 Å². The molecule has 0 radical (unpaired) electrons. The van der Waals surface area contributed by atoms with Crippen LogP contribution in [0.2, 0.25) is 0 Å². The maximum atomic E-state index is 14.6. The Labute approximate surface area is 164 Å². The first kappa shape index (κ1) is 18.3. The Balaban J connectivity index is 2.00. The molecule has 0 amide bonds. The molecule has 5 heteroatoms. The number of hydrogen-bond donors (Lipinski definition) is 0. The number of hydrogen-bond acceptors (Lipinski definition) is 4. The molecule has 0 N–H and O–H groups in total. The molecule has 1 aromatic heterocycles. The van der Waals surface area contributed by atoms with Crippen LogP contribution in [0.25, 0.3) is 11.5 Å². The molecule has 0 fully saturated rings. The van der Waals surface area contributed by atoms with Crippen molar-refractivity contribution in [3.63, 3.8) is 0 Å². The van der Waals surface area contributed by atoms with Crippen molar-refractivity contribution in [1.29, 1.82) is 0 Å². The van der Waals surface area contributed by atoms with Crippen LogP contribution in [0.3, 0.4) is 0 Å². The Kier molecular flexibility index (Phi) is 4.89. The summed E-state index contributed by atoms with van der Waals surface area (Å²) < 4.78 is 20.7. The van der Waals surface area contributed by atoms with Crippen LogP contribution in [-0.4, -0.2) is 19.1 Å². The van der Waals surface area contributed by atoms with Gasteiger partial charge in [0.1, 0.15) is 0 Å². The summed E-state index contributed by atoms with van der Waals surface area (Å²) in [6, 6.07) is 28.7. The molecule has 28 heavy (non-hydrogen) atoms. The van der Waals surface area contributed by atoms with Crippen molar-refractivity contribution in [3.8, 4) is 11.5 Å². The molecule has 4 rings (SSSR count). The standard InChI is InChI=1S/C23H21N2O2P/c1-25(2)23-22(24-21(27-23)18-12-6-3-7-13-18)28(26,19-14-8-4-9-15-19)20-16-10-5-11-17-20/h3-17H,1-2H3. The molecule has 0 aliphatic heterocycles. The van der Waals surface area contributed by atoms with Gasteiger partial charge in [0, 0.05) is 30.3 Å². The van der Waals surface area contributed by atoms with Crippen molar-refractivity contribution in [2.45, 2.75) is 0 Å². The van der Waals surface area contributed by atoms with E-state index >= 15 is 0 Å². The smallest absolute Gasteiger partial charge is 0.229 e. The van der Waals surface area contributed by atoms with Gasteiger partial charge in [0.15, 0.2) is 12.6 Å². The third-order valence-corrected chi connectivity index (χ3v) is 7.50. The number of benzene rings is 3. The first-order valence-electron chi connectivity index (χ1n) is 9.06. The molecule has 0 saturated heterocycles. The third-order valence-electron chi connectivity index (χ3n) is 4.56. The highest BCUT2D eigenvalue weighted by Gasteiger charge is 2.37. The predicted octanol–water partition coefficient (Wildman–Crippen LogP) is 4.05. The molecule has 1 heterocycles. The summed E-state index contributed by atoms with van der Waals surface area (Å²) in [5.74, 6) is 0.973. The second-order valence-electron chi connectivity index (χ2n) is 6.69. The van der Waals surface area contributed by atoms with Gasteiger partial charge in [-0.05, 0) is 12.1 Å². The average Bonchev–Trinajstić information content (AvgIpc) is 3.21. The first-order chi connectivity index (χ1) is 13.6. The van der Waals surface area contributed by atoms with E-state index in [9.17, 15) is 4.57 Å². The number of rotatable bonds is 5. The fraction of sp³-hybridized carbons (Fsp3) is 0.0870. The monoisotopic (exact) mass is 388 g/mol. The fourth-order valence-electron chi connectivity index (χ4n) is 3.17. The summed E-state index contributed by atoms with van der Waals surface area (Å²) in [6.45, 7) is 0. The molecule has 140 valence electrons. The lowest BCUT2D eigenvalue weighted by atomic mass is 10.2. The molecule has 4 nitrogen and oxygen atoms in total. The molecule has 0 atom stereocenters. The maximum Gasteiger partial charge on any atom is 0.229 e. The van der Waals surface area contributed by atoms with Crippen molar-refractivity contribution in [2.24, 2.45) is 0 Å². The van der Waals surface area contributed by atoms with Gasteiger partial charge in [-0.15, -0.1) is 0 Å². The highest BCUT2D eigenvalue weighted by Crippen LogP contribution is 2.45. The van der Waals surface area contributed by atoms with Gasteiger partial charge in [0.25, 0.3) is 0 Å². The molecular formula is C23H21N2O2P. The Hall–Kier alpha value is -3.10. The summed E-state index contributed by atoms with van der Waals surface area (Å²) in [5, 5.41) is 1.47. The van der Waals surface area contributed by atoms with Crippen LogP contribution in [0.15, 0.2) is 95.4 Å². The summed E-state index contributed by atoms with van der Waals surface area (Å²) in [6.07, 6.45) is 0. The number of oxazole rings is 1. The largest absolute Gasteiger partial charge is 0.420 e. The minimum atomic E-state index is -3.21. The van der Waals surface area contributed by atoms with E-state index in [-0.39, 0.29) is 0 Å². The van der Waals surface area contributed by atoms with Gasteiger partial charge >= 0.3 is 0 Å². The zero-order valence-electron chi connectivity index (χ0n) is 15.8. The highest BCUT2D eigenvalue weighted by molar-refractivity contribution is 7.85. The van der Waals surface area contributed by atoms with Gasteiger partial charge in [-0.3, -0.25) is 0 Å². The third kappa shape index (κ3) is 3.17. The van der Waals surface area contributed by atoms with Gasteiger partial charge in [-0.1, -0.05) is 78.9 Å². The summed E-state index contributed by atoms with van der Waals surface area (Å²) in [7, 11) is 0.534. The summed E-state index contributed by atoms with van der Waals surface area (Å²) in [4.78, 5) is 6.58. The zero-order chi connectivity index (χ0) is 19.6. The van der Waals surface area contributed by atoms with Crippen molar-refractivity contribution >= 4 is 29.1 Å². The van der Waals surface area contributed by atoms with E-state index in [1.165, 1.54) is 0 Å². The maximum absolute atomic E-state index is 14.6. The van der Waals surface area contributed by atoms with Crippen LogP contribution in [0.5, 0.6) is 0 Å². The summed E-state index contributed by atoms with van der Waals surface area (Å²) in [5.41, 5.74) is 1.32. The molecule has 0 unspecified atom stereocenters. The van der Waals surface area contributed by atoms with Crippen molar-refractivity contribution in [3.05, 3.63) is 91.0 Å². The number of nitrogens with zero attached hydrogens (tertiary/aromatic N) is 2. The van der Waals surface area contributed by atoms with Crippen LogP contribution < -0.4 is 20.9 Å². The normalized spacial score (nSPS) is 11.4. The van der Waals surface area contributed by atoms with E-state index in [1.807, 2.05) is 110 Å². The molecule has 4 aromatic rings. The Morgan fingerprint density at radius 2 is 1.21 bits per heavy atom. The molecular weight excluding hydrogens is 367 g/mol. The predicted molar refractivity (Wildman–Crippen MR) is 116 cm³/mol. The van der Waals surface area contributed by atoms with Crippen LogP contribution in [-0.2, 0) is 4.57 Å². The van der Waals surface area contributed by atoms with Gasteiger partial charge in [-0.2, -0.15) is 0 Å². The second kappa shape index (κ2) is 7.49. The van der Waals surface area contributed by atoms with E-state index in [0.717, 1.165) is 16.2 Å². The van der Waals surface area contributed by atoms with Crippen LogP contribution in [0.1, 0.15) is 0 Å². The number of aromatic nitrogens is 1. The molecule has 3 aromatic carbocycles. The lowest BCUT2D eigenvalue weighted by molar-refractivity contribution is 0.572. The first-order valence-corrected chi connectivity index (χ1v) is 10.8. The molecule has 0 saturated carbocycles. The fourth-order valence-corrected chi connectivity index (χ4v) is 5.89. The molecule has 0 aliphatic carbocycles.